The molecule has 84 valence electrons. The quantitative estimate of drug-likeness (QED) is 0.704. The van der Waals surface area contributed by atoms with E-state index in [-0.39, 0.29) is 0 Å². The zero-order valence-corrected chi connectivity index (χ0v) is 9.07. The van der Waals surface area contributed by atoms with Gasteiger partial charge in [-0.25, -0.2) is 9.78 Å². The average Bonchev–Trinajstić information content (AvgIpc) is 2.27. The molecular formula is C10H12N4O2. The number of aromatic nitrogens is 3. The normalized spacial score (nSPS) is 10.9. The lowest BCUT2D eigenvalue weighted by Crippen LogP contribution is -2.29. The minimum Gasteiger partial charge on any atom is -0.316 e. The number of rotatable bonds is 2. The maximum Gasteiger partial charge on any atom is 0.329 e. The third-order valence-corrected chi connectivity index (χ3v) is 2.39. The summed E-state index contributed by atoms with van der Waals surface area (Å²) in [6.07, 6.45) is 1.65. The first-order valence-corrected chi connectivity index (χ1v) is 4.86. The second kappa shape index (κ2) is 3.90. The van der Waals surface area contributed by atoms with Gasteiger partial charge in [-0.2, -0.15) is 0 Å². The Bertz CT molecular complexity index is 641. The molecule has 0 amide bonds. The van der Waals surface area contributed by atoms with Crippen molar-refractivity contribution in [1.29, 1.82) is 0 Å². The van der Waals surface area contributed by atoms with Crippen LogP contribution in [0.2, 0.25) is 0 Å². The van der Waals surface area contributed by atoms with Crippen molar-refractivity contribution in [2.45, 2.75) is 6.54 Å². The van der Waals surface area contributed by atoms with Crippen LogP contribution in [0.1, 0.15) is 5.56 Å². The highest BCUT2D eigenvalue weighted by atomic mass is 16.2. The summed E-state index contributed by atoms with van der Waals surface area (Å²) < 4.78 is 1.32. The van der Waals surface area contributed by atoms with Crippen LogP contribution in [-0.2, 0) is 13.6 Å². The van der Waals surface area contributed by atoms with Gasteiger partial charge in [0.05, 0.1) is 5.39 Å². The van der Waals surface area contributed by atoms with Crippen molar-refractivity contribution in [2.24, 2.45) is 7.05 Å². The molecule has 6 heteroatoms. The van der Waals surface area contributed by atoms with Crippen LogP contribution >= 0.6 is 0 Å². The Balaban J connectivity index is 2.80. The third-order valence-electron chi connectivity index (χ3n) is 2.39. The fraction of sp³-hybridized carbons (Fsp3) is 0.300. The molecule has 0 bridgehead atoms. The van der Waals surface area contributed by atoms with E-state index in [4.69, 9.17) is 0 Å². The SMILES string of the molecule is CNCc1cnc2c(c1)c(=O)[nH]c(=O)n2C. The molecule has 2 heterocycles. The fourth-order valence-corrected chi connectivity index (χ4v) is 1.58. The first-order valence-electron chi connectivity index (χ1n) is 4.86. The Morgan fingerprint density at radius 1 is 1.50 bits per heavy atom. The predicted molar refractivity (Wildman–Crippen MR) is 60.4 cm³/mol. The van der Waals surface area contributed by atoms with Gasteiger partial charge in [0.15, 0.2) is 0 Å². The molecule has 0 aromatic carbocycles. The molecule has 2 aromatic rings. The van der Waals surface area contributed by atoms with Gasteiger partial charge in [-0.3, -0.25) is 14.3 Å². The van der Waals surface area contributed by atoms with Gasteiger partial charge in [-0.1, -0.05) is 0 Å². The Labute approximate surface area is 90.9 Å². The molecule has 0 unspecified atom stereocenters. The number of nitrogens with zero attached hydrogens (tertiary/aromatic N) is 2. The van der Waals surface area contributed by atoms with Crippen LogP contribution in [-0.4, -0.2) is 21.6 Å². The Kier molecular flexibility index (Phi) is 2.57. The lowest BCUT2D eigenvalue weighted by atomic mass is 10.2. The second-order valence-corrected chi connectivity index (χ2v) is 3.56. The molecule has 2 N–H and O–H groups in total. The first kappa shape index (κ1) is 10.6. The molecule has 0 aliphatic heterocycles. The molecule has 0 aliphatic carbocycles. The lowest BCUT2D eigenvalue weighted by molar-refractivity contribution is 0.804. The highest BCUT2D eigenvalue weighted by Crippen LogP contribution is 2.06. The van der Waals surface area contributed by atoms with Crippen molar-refractivity contribution in [3.05, 3.63) is 38.7 Å². The largest absolute Gasteiger partial charge is 0.329 e. The summed E-state index contributed by atoms with van der Waals surface area (Å²) in [5.41, 5.74) is 0.447. The molecule has 16 heavy (non-hydrogen) atoms. The van der Waals surface area contributed by atoms with Crippen LogP contribution in [0.25, 0.3) is 11.0 Å². The highest BCUT2D eigenvalue weighted by Gasteiger charge is 2.06. The number of hydrogen-bond acceptors (Lipinski definition) is 4. The van der Waals surface area contributed by atoms with E-state index in [2.05, 4.69) is 15.3 Å². The number of nitrogens with one attached hydrogen (secondary N) is 2. The lowest BCUT2D eigenvalue weighted by Gasteiger charge is -2.04. The predicted octanol–water partition coefficient (Wildman–Crippen LogP) is -0.659. The summed E-state index contributed by atoms with van der Waals surface area (Å²) in [4.78, 5) is 29.3. The summed E-state index contributed by atoms with van der Waals surface area (Å²) in [6.45, 7) is 0.630. The molecule has 2 rings (SSSR count). The monoisotopic (exact) mass is 220 g/mol. The van der Waals surface area contributed by atoms with Gasteiger partial charge in [0, 0.05) is 19.8 Å². The van der Waals surface area contributed by atoms with Gasteiger partial charge in [0.1, 0.15) is 5.65 Å². The Morgan fingerprint density at radius 3 is 2.94 bits per heavy atom. The van der Waals surface area contributed by atoms with E-state index in [9.17, 15) is 9.59 Å². The van der Waals surface area contributed by atoms with Gasteiger partial charge in [0.25, 0.3) is 5.56 Å². The molecule has 0 aliphatic rings. The molecular weight excluding hydrogens is 208 g/mol. The zero-order valence-electron chi connectivity index (χ0n) is 9.07. The number of hydrogen-bond donors (Lipinski definition) is 2. The van der Waals surface area contributed by atoms with Gasteiger partial charge in [-0.15, -0.1) is 0 Å². The molecule has 0 spiro atoms. The summed E-state index contributed by atoms with van der Waals surface area (Å²) >= 11 is 0. The van der Waals surface area contributed by atoms with Gasteiger partial charge >= 0.3 is 5.69 Å². The first-order chi connectivity index (χ1) is 7.63. The maximum absolute atomic E-state index is 11.6. The number of H-pyrrole nitrogens is 1. The molecule has 0 saturated heterocycles. The Morgan fingerprint density at radius 2 is 2.25 bits per heavy atom. The van der Waals surface area contributed by atoms with Crippen LogP contribution in [0.3, 0.4) is 0 Å². The van der Waals surface area contributed by atoms with Crippen molar-refractivity contribution in [2.75, 3.05) is 7.05 Å². The van der Waals surface area contributed by atoms with Crippen molar-refractivity contribution in [3.63, 3.8) is 0 Å². The van der Waals surface area contributed by atoms with Crippen LogP contribution in [0.4, 0.5) is 0 Å². The molecule has 0 radical (unpaired) electrons. The maximum atomic E-state index is 11.6. The Hall–Kier alpha value is -1.95. The summed E-state index contributed by atoms with van der Waals surface area (Å²) in [5, 5.41) is 3.40. The summed E-state index contributed by atoms with van der Waals surface area (Å²) in [7, 11) is 3.39. The van der Waals surface area contributed by atoms with Crippen molar-refractivity contribution in [1.82, 2.24) is 19.9 Å². The number of aryl methyl sites for hydroxylation is 1. The molecule has 2 aromatic heterocycles. The van der Waals surface area contributed by atoms with Crippen LogP contribution in [0.5, 0.6) is 0 Å². The minimum atomic E-state index is -0.452. The topological polar surface area (TPSA) is 79.8 Å². The fourth-order valence-electron chi connectivity index (χ4n) is 1.58. The minimum absolute atomic E-state index is 0.397. The number of pyridine rings is 1. The van der Waals surface area contributed by atoms with Gasteiger partial charge in [-0.05, 0) is 18.7 Å². The van der Waals surface area contributed by atoms with E-state index >= 15 is 0 Å². The standard InChI is InChI=1S/C10H12N4O2/c1-11-4-6-3-7-8(12-5-6)14(2)10(16)13-9(7)15/h3,5,11H,4H2,1-2H3,(H,13,15,16). The van der Waals surface area contributed by atoms with E-state index in [0.717, 1.165) is 5.56 Å². The smallest absolute Gasteiger partial charge is 0.316 e. The highest BCUT2D eigenvalue weighted by molar-refractivity contribution is 5.74. The number of fused-ring (bicyclic) bond motifs is 1. The van der Waals surface area contributed by atoms with Crippen molar-refractivity contribution >= 4 is 11.0 Å². The van der Waals surface area contributed by atoms with E-state index in [0.29, 0.717) is 17.6 Å². The molecule has 0 fully saturated rings. The zero-order chi connectivity index (χ0) is 11.7. The molecule has 6 nitrogen and oxygen atoms in total. The molecule has 0 atom stereocenters. The van der Waals surface area contributed by atoms with Crippen molar-refractivity contribution < 1.29 is 0 Å². The third kappa shape index (κ3) is 1.63. The second-order valence-electron chi connectivity index (χ2n) is 3.56. The van der Waals surface area contributed by atoms with Crippen LogP contribution in [0, 0.1) is 0 Å². The molecule has 0 saturated carbocycles. The van der Waals surface area contributed by atoms with E-state index in [1.54, 1.807) is 19.3 Å². The summed E-state index contributed by atoms with van der Waals surface area (Å²) in [6, 6.07) is 1.73. The van der Waals surface area contributed by atoms with Crippen LogP contribution < -0.4 is 16.6 Å². The van der Waals surface area contributed by atoms with Crippen LogP contribution in [0.15, 0.2) is 21.9 Å². The van der Waals surface area contributed by atoms with E-state index in [1.165, 1.54) is 4.57 Å². The van der Waals surface area contributed by atoms with Crippen molar-refractivity contribution in [3.8, 4) is 0 Å². The van der Waals surface area contributed by atoms with E-state index in [1.807, 2.05) is 7.05 Å². The number of aromatic amines is 1. The average molecular weight is 220 g/mol. The van der Waals surface area contributed by atoms with E-state index < -0.39 is 11.2 Å². The summed E-state index contributed by atoms with van der Waals surface area (Å²) in [5.74, 6) is 0. The van der Waals surface area contributed by atoms with Gasteiger partial charge < -0.3 is 5.32 Å². The van der Waals surface area contributed by atoms with Gasteiger partial charge in [0.2, 0.25) is 0 Å².